The number of benzene rings is 3. The maximum Gasteiger partial charge on any atom is 0.255 e. The highest BCUT2D eigenvalue weighted by atomic mass is 16.5. The van der Waals surface area contributed by atoms with Crippen molar-refractivity contribution < 1.29 is 23.5 Å². The molecule has 2 amide bonds. The van der Waals surface area contributed by atoms with Crippen LogP contribution < -0.4 is 20.7 Å². The summed E-state index contributed by atoms with van der Waals surface area (Å²) < 4.78 is 16.8. The van der Waals surface area contributed by atoms with Gasteiger partial charge in [-0.1, -0.05) is 18.2 Å². The van der Waals surface area contributed by atoms with Crippen molar-refractivity contribution in [1.29, 1.82) is 0 Å². The minimum Gasteiger partial charge on any atom is -0.494 e. The number of nitrogens with two attached hydrogens (primary N) is 1. The molecule has 0 bridgehead atoms. The first-order chi connectivity index (χ1) is 17.1. The number of fused-ring (bicyclic) bond motifs is 1. The molecule has 0 saturated heterocycles. The average molecular weight is 474 g/mol. The molecule has 0 atom stereocenters. The average Bonchev–Trinajstić information content (AvgIpc) is 3.29. The number of anilines is 3. The van der Waals surface area contributed by atoms with E-state index in [9.17, 15) is 9.59 Å². The lowest BCUT2D eigenvalue weighted by Crippen LogP contribution is -2.23. The van der Waals surface area contributed by atoms with Crippen LogP contribution in [0.3, 0.4) is 0 Å². The lowest BCUT2D eigenvalue weighted by molar-refractivity contribution is -0.107. The van der Waals surface area contributed by atoms with E-state index in [1.165, 1.54) is 4.90 Å². The summed E-state index contributed by atoms with van der Waals surface area (Å²) >= 11 is 0. The Bertz CT molecular complexity index is 1300. The summed E-state index contributed by atoms with van der Waals surface area (Å²) in [5.41, 5.74) is 9.18. The highest BCUT2D eigenvalue weighted by Gasteiger charge is 2.12. The largest absolute Gasteiger partial charge is 0.494 e. The van der Waals surface area contributed by atoms with Crippen molar-refractivity contribution in [3.63, 3.8) is 0 Å². The predicted octanol–water partition coefficient (Wildman–Crippen LogP) is 4.85. The summed E-state index contributed by atoms with van der Waals surface area (Å²) in [5, 5.41) is 3.71. The quantitative estimate of drug-likeness (QED) is 0.183. The fraction of sp³-hybridized carbons (Fsp3) is 0.185. The van der Waals surface area contributed by atoms with Gasteiger partial charge in [0, 0.05) is 30.7 Å². The Labute approximate surface area is 203 Å². The molecule has 8 heteroatoms. The van der Waals surface area contributed by atoms with Gasteiger partial charge >= 0.3 is 0 Å². The number of nitrogen functional groups attached to an aromatic ring is 1. The third-order valence-corrected chi connectivity index (χ3v) is 5.43. The van der Waals surface area contributed by atoms with Gasteiger partial charge in [-0.2, -0.15) is 0 Å². The highest BCUT2D eigenvalue weighted by Crippen LogP contribution is 2.27. The van der Waals surface area contributed by atoms with E-state index in [0.29, 0.717) is 60.3 Å². The van der Waals surface area contributed by atoms with Crippen molar-refractivity contribution in [3.05, 3.63) is 83.9 Å². The summed E-state index contributed by atoms with van der Waals surface area (Å²) in [6, 6.07) is 21.6. The van der Waals surface area contributed by atoms with Gasteiger partial charge in [0.1, 0.15) is 11.3 Å². The van der Waals surface area contributed by atoms with Crippen molar-refractivity contribution >= 4 is 40.5 Å². The van der Waals surface area contributed by atoms with Crippen molar-refractivity contribution in [1.82, 2.24) is 0 Å². The Balaban J connectivity index is 1.28. The number of carbonyl (C=O) groups excluding carboxylic acids is 2. The molecule has 0 fully saturated rings. The number of hydrogen-bond donors (Lipinski definition) is 2. The Morgan fingerprint density at radius 3 is 2.63 bits per heavy atom. The molecule has 0 aliphatic rings. The van der Waals surface area contributed by atoms with Crippen LogP contribution in [0.15, 0.2) is 77.2 Å². The van der Waals surface area contributed by atoms with Crippen LogP contribution in [-0.2, 0) is 16.1 Å². The molecule has 3 aromatic carbocycles. The SMILES string of the molecule is COCc1ccc2oc(N(C=O)CCCOc3ccc(C(=O)Nc4ccccc4N)cc3)cc2c1. The Kier molecular flexibility index (Phi) is 7.64. The molecule has 3 N–H and O–H groups in total. The molecule has 0 unspecified atom stereocenters. The molecule has 35 heavy (non-hydrogen) atoms. The number of furan rings is 1. The lowest BCUT2D eigenvalue weighted by Gasteiger charge is -2.14. The van der Waals surface area contributed by atoms with Gasteiger partial charge in [-0.05, 0) is 60.5 Å². The lowest BCUT2D eigenvalue weighted by atomic mass is 10.2. The summed E-state index contributed by atoms with van der Waals surface area (Å²) in [6.07, 6.45) is 1.35. The molecule has 1 heterocycles. The standard InChI is InChI=1S/C27H27N3O5/c1-33-17-19-7-12-25-21(15-19)16-26(35-25)30(18-31)13-4-14-34-22-10-8-20(9-11-22)27(32)29-24-6-3-2-5-23(24)28/h2-3,5-12,15-16,18H,4,13-14,17,28H2,1H3,(H,29,32). The number of para-hydroxylation sites is 2. The van der Waals surface area contributed by atoms with Crippen LogP contribution in [0.25, 0.3) is 11.0 Å². The van der Waals surface area contributed by atoms with Crippen LogP contribution in [0, 0.1) is 0 Å². The maximum absolute atomic E-state index is 12.4. The zero-order valence-electron chi connectivity index (χ0n) is 19.4. The number of ether oxygens (including phenoxy) is 2. The smallest absolute Gasteiger partial charge is 0.255 e. The second-order valence-corrected chi connectivity index (χ2v) is 7.96. The predicted molar refractivity (Wildman–Crippen MR) is 136 cm³/mol. The van der Waals surface area contributed by atoms with Crippen LogP contribution in [0.5, 0.6) is 5.75 Å². The second kappa shape index (κ2) is 11.2. The fourth-order valence-electron chi connectivity index (χ4n) is 3.62. The molecule has 0 spiro atoms. The van der Waals surface area contributed by atoms with E-state index in [1.807, 2.05) is 30.3 Å². The molecular weight excluding hydrogens is 446 g/mol. The van der Waals surface area contributed by atoms with Gasteiger partial charge in [0.2, 0.25) is 12.3 Å². The fourth-order valence-corrected chi connectivity index (χ4v) is 3.62. The Morgan fingerprint density at radius 1 is 1.09 bits per heavy atom. The minimum atomic E-state index is -0.253. The monoisotopic (exact) mass is 473 g/mol. The number of amides is 2. The molecule has 0 radical (unpaired) electrons. The minimum absolute atomic E-state index is 0.253. The molecule has 8 nitrogen and oxygen atoms in total. The first-order valence-corrected chi connectivity index (χ1v) is 11.2. The normalized spacial score (nSPS) is 10.8. The number of methoxy groups -OCH3 is 1. The number of nitrogens with one attached hydrogen (secondary N) is 1. The number of rotatable bonds is 11. The van der Waals surface area contributed by atoms with Crippen LogP contribution in [-0.4, -0.2) is 32.6 Å². The number of nitrogens with zero attached hydrogens (tertiary/aromatic N) is 1. The van der Waals surface area contributed by atoms with E-state index in [0.717, 1.165) is 17.4 Å². The van der Waals surface area contributed by atoms with Gasteiger partial charge in [-0.3, -0.25) is 14.5 Å². The van der Waals surface area contributed by atoms with Crippen molar-refractivity contribution in [2.45, 2.75) is 13.0 Å². The van der Waals surface area contributed by atoms with Gasteiger partial charge in [0.25, 0.3) is 5.91 Å². The maximum atomic E-state index is 12.4. The molecule has 180 valence electrons. The summed E-state index contributed by atoms with van der Waals surface area (Å²) in [4.78, 5) is 25.6. The third-order valence-electron chi connectivity index (χ3n) is 5.43. The molecule has 0 aliphatic carbocycles. The van der Waals surface area contributed by atoms with E-state index in [2.05, 4.69) is 5.32 Å². The van der Waals surface area contributed by atoms with Crippen molar-refractivity contribution in [2.75, 3.05) is 36.2 Å². The first kappa shape index (κ1) is 23.8. The van der Waals surface area contributed by atoms with E-state index < -0.39 is 0 Å². The molecule has 4 rings (SSSR count). The Morgan fingerprint density at radius 2 is 1.89 bits per heavy atom. The summed E-state index contributed by atoms with van der Waals surface area (Å²) in [6.45, 7) is 1.35. The summed E-state index contributed by atoms with van der Waals surface area (Å²) in [5.74, 6) is 0.864. The van der Waals surface area contributed by atoms with Crippen LogP contribution in [0.2, 0.25) is 0 Å². The van der Waals surface area contributed by atoms with E-state index >= 15 is 0 Å². The van der Waals surface area contributed by atoms with Gasteiger partial charge in [0.15, 0.2) is 0 Å². The van der Waals surface area contributed by atoms with E-state index in [1.54, 1.807) is 49.6 Å². The van der Waals surface area contributed by atoms with Crippen molar-refractivity contribution in [3.8, 4) is 5.75 Å². The molecule has 4 aromatic rings. The second-order valence-electron chi connectivity index (χ2n) is 7.96. The van der Waals surface area contributed by atoms with E-state index in [-0.39, 0.29) is 5.91 Å². The zero-order valence-corrected chi connectivity index (χ0v) is 19.4. The van der Waals surface area contributed by atoms with Crippen molar-refractivity contribution in [2.24, 2.45) is 0 Å². The molecule has 0 saturated carbocycles. The van der Waals surface area contributed by atoms with Gasteiger partial charge in [0.05, 0.1) is 24.6 Å². The highest BCUT2D eigenvalue weighted by molar-refractivity contribution is 6.05. The van der Waals surface area contributed by atoms with Gasteiger partial charge in [-0.25, -0.2) is 0 Å². The summed E-state index contributed by atoms with van der Waals surface area (Å²) in [7, 11) is 1.65. The van der Waals surface area contributed by atoms with Crippen LogP contribution >= 0.6 is 0 Å². The molecular formula is C27H27N3O5. The van der Waals surface area contributed by atoms with Gasteiger partial charge in [-0.15, -0.1) is 0 Å². The Hall–Kier alpha value is -4.30. The number of hydrogen-bond acceptors (Lipinski definition) is 6. The van der Waals surface area contributed by atoms with Crippen LogP contribution in [0.1, 0.15) is 22.3 Å². The third kappa shape index (κ3) is 5.99. The molecule has 0 aliphatic heterocycles. The first-order valence-electron chi connectivity index (χ1n) is 11.2. The topological polar surface area (TPSA) is 107 Å². The number of carbonyl (C=O) groups is 2. The molecule has 1 aromatic heterocycles. The zero-order chi connectivity index (χ0) is 24.6. The van der Waals surface area contributed by atoms with E-state index in [4.69, 9.17) is 19.6 Å². The van der Waals surface area contributed by atoms with Crippen LogP contribution in [0.4, 0.5) is 17.3 Å². The van der Waals surface area contributed by atoms with Gasteiger partial charge < -0.3 is 24.9 Å².